The number of aliphatic hydroxyl groups is 3. The Bertz CT molecular complexity index is 524. The number of hydrogen-bond acceptors (Lipinski definition) is 4. The number of rotatable bonds is 14. The first-order valence-electron chi connectivity index (χ1n) is 10.7. The van der Waals surface area contributed by atoms with Crippen LogP contribution in [0.15, 0.2) is 12.2 Å². The second-order valence-electron chi connectivity index (χ2n) is 8.30. The smallest absolute Gasteiger partial charge is 0.303 e. The van der Waals surface area contributed by atoms with Gasteiger partial charge in [0.05, 0.1) is 17.8 Å². The van der Waals surface area contributed by atoms with Crippen molar-refractivity contribution < 1.29 is 25.2 Å². The first kappa shape index (κ1) is 24.7. The predicted molar refractivity (Wildman–Crippen MR) is 111 cm³/mol. The van der Waals surface area contributed by atoms with Crippen molar-refractivity contribution in [2.45, 2.75) is 102 Å². The highest BCUT2D eigenvalue weighted by Crippen LogP contribution is 2.37. The highest BCUT2D eigenvalue weighted by atomic mass is 16.4. The molecule has 4 N–H and O–H groups in total. The molecule has 0 bridgehead atoms. The van der Waals surface area contributed by atoms with Gasteiger partial charge in [0.2, 0.25) is 0 Å². The Morgan fingerprint density at radius 1 is 1.18 bits per heavy atom. The predicted octanol–water partition coefficient (Wildman–Crippen LogP) is 3.66. The molecule has 0 amide bonds. The van der Waals surface area contributed by atoms with E-state index in [0.717, 1.165) is 38.5 Å². The standard InChI is InChI=1S/C23H38O5/c1-3-5-15-23(28,14-4-2)16-10-12-19-18(20(24)17-21(19)25)11-8-6-7-9-13-22(26)27/h2,10,12,18-21,24-25,28H,3,5-9,11,13-17H2,1H3,(H,26,27)/t18-,19-,20+,21-,23?/m1/s1. The van der Waals surface area contributed by atoms with Gasteiger partial charge < -0.3 is 20.4 Å². The van der Waals surface area contributed by atoms with Crippen LogP contribution in [0.1, 0.15) is 84.0 Å². The van der Waals surface area contributed by atoms with Crippen LogP contribution in [0, 0.1) is 24.2 Å². The van der Waals surface area contributed by atoms with E-state index in [1.165, 1.54) is 0 Å². The first-order chi connectivity index (χ1) is 13.3. The summed E-state index contributed by atoms with van der Waals surface area (Å²) >= 11 is 0. The van der Waals surface area contributed by atoms with Crippen LogP contribution in [0.3, 0.4) is 0 Å². The molecule has 1 unspecified atom stereocenters. The van der Waals surface area contributed by atoms with Crippen LogP contribution < -0.4 is 0 Å². The molecule has 0 saturated heterocycles. The maximum atomic E-state index is 10.7. The summed E-state index contributed by atoms with van der Waals surface area (Å²) in [6.07, 6.45) is 16.3. The lowest BCUT2D eigenvalue weighted by Crippen LogP contribution is -2.27. The van der Waals surface area contributed by atoms with Crippen molar-refractivity contribution in [2.75, 3.05) is 0 Å². The van der Waals surface area contributed by atoms with Crippen molar-refractivity contribution in [1.29, 1.82) is 0 Å². The number of unbranched alkanes of at least 4 members (excludes halogenated alkanes) is 4. The maximum Gasteiger partial charge on any atom is 0.303 e. The number of hydrogen-bond donors (Lipinski definition) is 4. The Hall–Kier alpha value is -1.35. The molecule has 0 radical (unpaired) electrons. The lowest BCUT2D eigenvalue weighted by atomic mass is 9.86. The molecule has 160 valence electrons. The fourth-order valence-electron chi connectivity index (χ4n) is 4.19. The SMILES string of the molecule is C#CCC(O)(CC=C[C@@H]1[C@@H](CCCCCCC(=O)O)[C@@H](O)C[C@H]1O)CCCC. The molecule has 1 fully saturated rings. The summed E-state index contributed by atoms with van der Waals surface area (Å²) in [7, 11) is 0. The Balaban J connectivity index is 2.54. The monoisotopic (exact) mass is 394 g/mol. The van der Waals surface area contributed by atoms with Gasteiger partial charge in [-0.25, -0.2) is 0 Å². The Morgan fingerprint density at radius 2 is 1.89 bits per heavy atom. The van der Waals surface area contributed by atoms with E-state index in [4.69, 9.17) is 11.5 Å². The number of aliphatic hydroxyl groups excluding tert-OH is 2. The van der Waals surface area contributed by atoms with Crippen LogP contribution in [0.5, 0.6) is 0 Å². The topological polar surface area (TPSA) is 98.0 Å². The zero-order chi connectivity index (χ0) is 21.0. The minimum Gasteiger partial charge on any atom is -0.481 e. The van der Waals surface area contributed by atoms with Gasteiger partial charge in [0.15, 0.2) is 0 Å². The van der Waals surface area contributed by atoms with Crippen molar-refractivity contribution in [3.63, 3.8) is 0 Å². The lowest BCUT2D eigenvalue weighted by Gasteiger charge is -2.25. The third kappa shape index (κ3) is 8.77. The fourth-order valence-corrected chi connectivity index (χ4v) is 4.19. The average Bonchev–Trinajstić information content (AvgIpc) is 2.89. The minimum absolute atomic E-state index is 0.00194. The number of terminal acetylenes is 1. The summed E-state index contributed by atoms with van der Waals surface area (Å²) < 4.78 is 0. The van der Waals surface area contributed by atoms with Gasteiger partial charge in [-0.3, -0.25) is 4.79 Å². The first-order valence-corrected chi connectivity index (χ1v) is 10.7. The van der Waals surface area contributed by atoms with E-state index in [0.29, 0.717) is 32.1 Å². The van der Waals surface area contributed by atoms with Gasteiger partial charge in [-0.15, -0.1) is 12.3 Å². The summed E-state index contributed by atoms with van der Waals surface area (Å²) in [6, 6.07) is 0. The van der Waals surface area contributed by atoms with Gasteiger partial charge in [-0.2, -0.15) is 0 Å². The van der Waals surface area contributed by atoms with E-state index in [1.54, 1.807) is 0 Å². The van der Waals surface area contributed by atoms with Crippen LogP contribution >= 0.6 is 0 Å². The quantitative estimate of drug-likeness (QED) is 0.205. The molecule has 1 rings (SSSR count). The molecule has 0 aromatic rings. The largest absolute Gasteiger partial charge is 0.481 e. The summed E-state index contributed by atoms with van der Waals surface area (Å²) in [6.45, 7) is 2.08. The zero-order valence-corrected chi connectivity index (χ0v) is 17.2. The summed E-state index contributed by atoms with van der Waals surface area (Å²) in [5.74, 6) is 1.69. The lowest BCUT2D eigenvalue weighted by molar-refractivity contribution is -0.137. The van der Waals surface area contributed by atoms with E-state index in [1.807, 2.05) is 12.2 Å². The third-order valence-electron chi connectivity index (χ3n) is 5.88. The van der Waals surface area contributed by atoms with Gasteiger partial charge in [-0.1, -0.05) is 51.2 Å². The van der Waals surface area contributed by atoms with Gasteiger partial charge in [0.25, 0.3) is 0 Å². The van der Waals surface area contributed by atoms with Gasteiger partial charge in [-0.05, 0) is 31.6 Å². The highest BCUT2D eigenvalue weighted by molar-refractivity contribution is 5.66. The van der Waals surface area contributed by atoms with Gasteiger partial charge >= 0.3 is 5.97 Å². The van der Waals surface area contributed by atoms with Crippen molar-refractivity contribution >= 4 is 5.97 Å². The molecule has 5 heteroatoms. The molecule has 0 spiro atoms. The van der Waals surface area contributed by atoms with Crippen molar-refractivity contribution in [3.05, 3.63) is 12.2 Å². The normalized spacial score (nSPS) is 27.0. The van der Waals surface area contributed by atoms with Gasteiger partial charge in [0.1, 0.15) is 0 Å². The van der Waals surface area contributed by atoms with E-state index in [-0.39, 0.29) is 18.3 Å². The van der Waals surface area contributed by atoms with E-state index < -0.39 is 23.8 Å². The zero-order valence-electron chi connectivity index (χ0n) is 17.2. The van der Waals surface area contributed by atoms with Crippen molar-refractivity contribution in [1.82, 2.24) is 0 Å². The minimum atomic E-state index is -0.900. The van der Waals surface area contributed by atoms with E-state index >= 15 is 0 Å². The van der Waals surface area contributed by atoms with Crippen LogP contribution in [0.25, 0.3) is 0 Å². The summed E-state index contributed by atoms with van der Waals surface area (Å²) in [5, 5.41) is 40.0. The molecule has 0 aromatic heterocycles. The molecule has 5 atom stereocenters. The van der Waals surface area contributed by atoms with Crippen molar-refractivity contribution in [3.8, 4) is 12.3 Å². The van der Waals surface area contributed by atoms with Crippen LogP contribution in [-0.2, 0) is 4.79 Å². The molecule has 28 heavy (non-hydrogen) atoms. The molecular formula is C23H38O5. The molecule has 1 saturated carbocycles. The highest BCUT2D eigenvalue weighted by Gasteiger charge is 2.39. The third-order valence-corrected chi connectivity index (χ3v) is 5.88. The Morgan fingerprint density at radius 3 is 2.54 bits per heavy atom. The molecule has 0 aliphatic heterocycles. The average molecular weight is 395 g/mol. The Labute approximate surface area is 169 Å². The number of carboxylic acids is 1. The molecular weight excluding hydrogens is 356 g/mol. The number of aliphatic carboxylic acids is 1. The van der Waals surface area contributed by atoms with Crippen LogP contribution in [0.2, 0.25) is 0 Å². The summed E-state index contributed by atoms with van der Waals surface area (Å²) in [5.41, 5.74) is -0.900. The molecule has 1 aliphatic carbocycles. The van der Waals surface area contributed by atoms with E-state index in [9.17, 15) is 20.1 Å². The number of carboxylic acid groups (broad SMARTS) is 1. The maximum absolute atomic E-state index is 10.7. The van der Waals surface area contributed by atoms with Gasteiger partial charge in [0, 0.05) is 25.2 Å². The second-order valence-corrected chi connectivity index (χ2v) is 8.30. The number of carbonyl (C=O) groups is 1. The molecule has 5 nitrogen and oxygen atoms in total. The second kappa shape index (κ2) is 13.0. The molecule has 0 aromatic carbocycles. The molecule has 1 aliphatic rings. The van der Waals surface area contributed by atoms with Crippen LogP contribution in [-0.4, -0.2) is 44.2 Å². The molecule has 0 heterocycles. The van der Waals surface area contributed by atoms with Crippen LogP contribution in [0.4, 0.5) is 0 Å². The fraction of sp³-hybridized carbons (Fsp3) is 0.783. The van der Waals surface area contributed by atoms with Crippen molar-refractivity contribution in [2.24, 2.45) is 11.8 Å². The summed E-state index contributed by atoms with van der Waals surface area (Å²) in [4.78, 5) is 10.5. The Kier molecular flexibility index (Phi) is 11.4. The van der Waals surface area contributed by atoms with E-state index in [2.05, 4.69) is 12.8 Å².